The molecule has 1 N–H and O–H groups in total. The molecule has 32 heavy (non-hydrogen) atoms. The highest BCUT2D eigenvalue weighted by Gasteiger charge is 2.60. The SMILES string of the molecule is O=C1CCC2Oc3ccc4c(c3C=C12)Oc1cc(O)ccc1C41OC(=O)C2C=CC=CC21. The van der Waals surface area contributed by atoms with Gasteiger partial charge in [0.1, 0.15) is 29.1 Å². The Morgan fingerprint density at radius 2 is 1.84 bits per heavy atom. The summed E-state index contributed by atoms with van der Waals surface area (Å²) >= 11 is 0. The maximum absolute atomic E-state index is 13.0. The predicted molar refractivity (Wildman–Crippen MR) is 113 cm³/mol. The van der Waals surface area contributed by atoms with E-state index in [1.807, 2.05) is 42.5 Å². The van der Waals surface area contributed by atoms with Gasteiger partial charge in [-0.1, -0.05) is 24.3 Å². The van der Waals surface area contributed by atoms with Crippen molar-refractivity contribution in [2.24, 2.45) is 11.8 Å². The largest absolute Gasteiger partial charge is 0.508 e. The third-order valence-electron chi connectivity index (χ3n) is 7.14. The van der Waals surface area contributed by atoms with Crippen LogP contribution in [-0.2, 0) is 19.9 Å². The van der Waals surface area contributed by atoms with Crippen molar-refractivity contribution < 1.29 is 28.9 Å². The second kappa shape index (κ2) is 5.91. The first-order valence-electron chi connectivity index (χ1n) is 10.7. The molecule has 6 nitrogen and oxygen atoms in total. The lowest BCUT2D eigenvalue weighted by molar-refractivity contribution is -0.148. The highest BCUT2D eigenvalue weighted by atomic mass is 16.6. The highest BCUT2D eigenvalue weighted by Crippen LogP contribution is 2.61. The average molecular weight is 426 g/mol. The molecule has 7 rings (SSSR count). The smallest absolute Gasteiger partial charge is 0.314 e. The molecule has 0 amide bonds. The van der Waals surface area contributed by atoms with E-state index >= 15 is 0 Å². The van der Waals surface area contributed by atoms with Crippen molar-refractivity contribution in [2.75, 3.05) is 0 Å². The fourth-order valence-electron chi connectivity index (χ4n) is 5.71. The monoisotopic (exact) mass is 426 g/mol. The maximum Gasteiger partial charge on any atom is 0.314 e. The summed E-state index contributed by atoms with van der Waals surface area (Å²) in [5.41, 5.74) is 1.59. The Labute approximate surface area is 183 Å². The molecule has 6 heteroatoms. The predicted octanol–water partition coefficient (Wildman–Crippen LogP) is 4.16. The van der Waals surface area contributed by atoms with Crippen molar-refractivity contribution in [3.05, 3.63) is 76.9 Å². The Hall–Kier alpha value is -3.80. The zero-order valence-electron chi connectivity index (χ0n) is 16.9. The van der Waals surface area contributed by atoms with E-state index in [-0.39, 0.29) is 29.5 Å². The summed E-state index contributed by atoms with van der Waals surface area (Å²) in [5, 5.41) is 10.2. The number of rotatable bonds is 0. The van der Waals surface area contributed by atoms with Crippen LogP contribution in [0, 0.1) is 11.8 Å². The normalized spacial score (nSPS) is 30.4. The van der Waals surface area contributed by atoms with Crippen molar-refractivity contribution in [2.45, 2.75) is 24.5 Å². The van der Waals surface area contributed by atoms with Crippen LogP contribution in [0.1, 0.15) is 29.5 Å². The molecule has 158 valence electrons. The van der Waals surface area contributed by atoms with Crippen LogP contribution in [0.3, 0.4) is 0 Å². The molecule has 1 saturated carbocycles. The summed E-state index contributed by atoms with van der Waals surface area (Å²) in [5.74, 6) is 0.665. The zero-order valence-corrected chi connectivity index (χ0v) is 16.9. The van der Waals surface area contributed by atoms with Gasteiger partial charge in [0.2, 0.25) is 0 Å². The molecule has 0 aromatic heterocycles. The molecule has 5 aliphatic rings. The first kappa shape index (κ1) is 17.8. The molecule has 2 fully saturated rings. The van der Waals surface area contributed by atoms with Gasteiger partial charge in [-0.05, 0) is 36.8 Å². The molecule has 3 aliphatic heterocycles. The number of allylic oxidation sites excluding steroid dienone is 2. The Kier molecular flexibility index (Phi) is 3.30. The van der Waals surface area contributed by atoms with Gasteiger partial charge in [-0.3, -0.25) is 9.59 Å². The molecular weight excluding hydrogens is 408 g/mol. The molecule has 1 saturated heterocycles. The minimum Gasteiger partial charge on any atom is -0.508 e. The van der Waals surface area contributed by atoms with Gasteiger partial charge < -0.3 is 19.3 Å². The highest BCUT2D eigenvalue weighted by molar-refractivity contribution is 6.04. The summed E-state index contributed by atoms with van der Waals surface area (Å²) in [6, 6.07) is 8.61. The molecule has 0 bridgehead atoms. The number of carbonyl (C=O) groups excluding carboxylic acids is 2. The Morgan fingerprint density at radius 1 is 1.00 bits per heavy atom. The van der Waals surface area contributed by atoms with Crippen LogP contribution in [-0.4, -0.2) is 23.0 Å². The van der Waals surface area contributed by atoms with Gasteiger partial charge >= 0.3 is 5.97 Å². The van der Waals surface area contributed by atoms with Crippen molar-refractivity contribution in [3.63, 3.8) is 0 Å². The van der Waals surface area contributed by atoms with Crippen LogP contribution in [0.4, 0.5) is 0 Å². The van der Waals surface area contributed by atoms with E-state index in [1.165, 1.54) is 6.07 Å². The number of hydrogen-bond donors (Lipinski definition) is 1. The summed E-state index contributed by atoms with van der Waals surface area (Å²) in [4.78, 5) is 25.4. The van der Waals surface area contributed by atoms with Crippen molar-refractivity contribution in [1.29, 1.82) is 0 Å². The number of benzene rings is 2. The van der Waals surface area contributed by atoms with Crippen LogP contribution in [0.15, 0.2) is 60.2 Å². The fourth-order valence-corrected chi connectivity index (χ4v) is 5.71. The molecule has 3 heterocycles. The summed E-state index contributed by atoms with van der Waals surface area (Å²) in [6.45, 7) is 0. The van der Waals surface area contributed by atoms with Gasteiger partial charge in [-0.2, -0.15) is 0 Å². The number of phenols is 1. The fraction of sp³-hybridized carbons (Fsp3) is 0.231. The molecular formula is C26H18O6. The van der Waals surface area contributed by atoms with Gasteiger partial charge in [0, 0.05) is 35.1 Å². The van der Waals surface area contributed by atoms with Crippen LogP contribution in [0.5, 0.6) is 23.0 Å². The number of ether oxygens (including phenoxy) is 3. The van der Waals surface area contributed by atoms with Crippen molar-refractivity contribution in [3.8, 4) is 23.0 Å². The lowest BCUT2D eigenvalue weighted by atomic mass is 9.69. The molecule has 4 atom stereocenters. The van der Waals surface area contributed by atoms with Gasteiger partial charge in [-0.15, -0.1) is 0 Å². The quantitative estimate of drug-likeness (QED) is 0.637. The van der Waals surface area contributed by atoms with E-state index in [4.69, 9.17) is 14.2 Å². The number of hydrogen-bond acceptors (Lipinski definition) is 6. The van der Waals surface area contributed by atoms with Gasteiger partial charge in [0.05, 0.1) is 11.5 Å². The van der Waals surface area contributed by atoms with E-state index in [9.17, 15) is 14.7 Å². The van der Waals surface area contributed by atoms with E-state index < -0.39 is 11.5 Å². The molecule has 1 spiro atoms. The molecule has 2 aromatic carbocycles. The average Bonchev–Trinajstić information content (AvgIpc) is 3.30. The molecule has 4 unspecified atom stereocenters. The van der Waals surface area contributed by atoms with Gasteiger partial charge in [0.25, 0.3) is 0 Å². The van der Waals surface area contributed by atoms with Crippen LogP contribution < -0.4 is 9.47 Å². The van der Waals surface area contributed by atoms with Crippen LogP contribution >= 0.6 is 0 Å². The summed E-state index contributed by atoms with van der Waals surface area (Å²) in [7, 11) is 0. The van der Waals surface area contributed by atoms with Gasteiger partial charge in [0.15, 0.2) is 11.4 Å². The number of esters is 1. The van der Waals surface area contributed by atoms with E-state index in [2.05, 4.69) is 0 Å². The minimum atomic E-state index is -1.11. The third kappa shape index (κ3) is 2.09. The molecule has 0 radical (unpaired) electrons. The van der Waals surface area contributed by atoms with Gasteiger partial charge in [-0.25, -0.2) is 0 Å². The van der Waals surface area contributed by atoms with E-state index in [0.29, 0.717) is 52.4 Å². The minimum absolute atomic E-state index is 0.0488. The summed E-state index contributed by atoms with van der Waals surface area (Å²) < 4.78 is 18.6. The number of ketones is 1. The number of phenolic OH excluding ortho intramolecular Hbond substituents is 1. The molecule has 2 aliphatic carbocycles. The van der Waals surface area contributed by atoms with E-state index in [1.54, 1.807) is 12.1 Å². The second-order valence-corrected chi connectivity index (χ2v) is 8.78. The maximum atomic E-state index is 13.0. The number of carbonyl (C=O) groups is 2. The lowest BCUT2D eigenvalue weighted by Gasteiger charge is -2.40. The van der Waals surface area contributed by atoms with Crippen LogP contribution in [0.2, 0.25) is 0 Å². The molecule has 2 aromatic rings. The second-order valence-electron chi connectivity index (χ2n) is 8.78. The first-order chi connectivity index (χ1) is 15.6. The topological polar surface area (TPSA) is 82.1 Å². The Balaban J connectivity index is 1.52. The van der Waals surface area contributed by atoms with Crippen LogP contribution in [0.25, 0.3) is 6.08 Å². The zero-order chi connectivity index (χ0) is 21.6. The third-order valence-corrected chi connectivity index (χ3v) is 7.14. The first-order valence-corrected chi connectivity index (χ1v) is 10.7. The number of Topliss-reactive ketones (excluding diaryl/α,β-unsaturated/α-hetero) is 1. The summed E-state index contributed by atoms with van der Waals surface area (Å²) in [6.07, 6.45) is 10.4. The number of fused-ring (bicyclic) bond motifs is 9. The Morgan fingerprint density at radius 3 is 2.75 bits per heavy atom. The standard InChI is InChI=1S/C26H18O6/c27-13-5-6-18-23(11-13)31-24-16-12-15-20(28)8-10-21(15)30-22(16)9-7-19(24)26(18)17-4-2-1-3-14(17)25(29)32-26/h1-7,9,11-12,14,17,21,27H,8,10H2. The van der Waals surface area contributed by atoms with Crippen molar-refractivity contribution >= 4 is 17.8 Å². The lowest BCUT2D eigenvalue weighted by Crippen LogP contribution is -2.38. The Bertz CT molecular complexity index is 1330. The number of aromatic hydroxyl groups is 1. The van der Waals surface area contributed by atoms with Crippen molar-refractivity contribution in [1.82, 2.24) is 0 Å². The van der Waals surface area contributed by atoms with E-state index in [0.717, 1.165) is 0 Å².